The molecule has 32 heavy (non-hydrogen) atoms. The Morgan fingerprint density at radius 3 is 2.66 bits per heavy atom. The number of non-ortho nitro benzene ring substituents is 1. The summed E-state index contributed by atoms with van der Waals surface area (Å²) < 4.78 is 32.4. The Morgan fingerprint density at radius 2 is 1.97 bits per heavy atom. The van der Waals surface area contributed by atoms with Crippen LogP contribution in [0.3, 0.4) is 0 Å². The normalized spacial score (nSPS) is 16.9. The quantitative estimate of drug-likeness (QED) is 0.390. The number of fused-ring (bicyclic) bond motifs is 3. The number of amidine groups is 1. The van der Waals surface area contributed by atoms with Crippen molar-refractivity contribution in [2.45, 2.75) is 17.9 Å². The van der Waals surface area contributed by atoms with Gasteiger partial charge in [0.15, 0.2) is 11.3 Å². The number of hydrogen-bond acceptors (Lipinski definition) is 9. The molecule has 0 aliphatic carbocycles. The van der Waals surface area contributed by atoms with Crippen LogP contribution in [0.2, 0.25) is 0 Å². The fourth-order valence-electron chi connectivity index (χ4n) is 3.05. The smallest absolute Gasteiger partial charge is 0.338 e. The van der Waals surface area contributed by atoms with Gasteiger partial charge in [0.05, 0.1) is 21.9 Å². The number of carbonyl (C=O) groups is 2. The summed E-state index contributed by atoms with van der Waals surface area (Å²) in [5.74, 6) is -1.40. The lowest BCUT2D eigenvalue weighted by Gasteiger charge is -2.22. The first kappa shape index (κ1) is 21.8. The summed E-state index contributed by atoms with van der Waals surface area (Å²) in [7, 11) is -3.48. The van der Waals surface area contributed by atoms with Crippen LogP contribution in [0.1, 0.15) is 17.3 Å². The van der Waals surface area contributed by atoms with E-state index < -0.39 is 32.9 Å². The average Bonchev–Trinajstić information content (AvgIpc) is 3.09. The molecule has 11 nitrogen and oxygen atoms in total. The van der Waals surface area contributed by atoms with Gasteiger partial charge in [-0.1, -0.05) is 0 Å². The lowest BCUT2D eigenvalue weighted by Crippen LogP contribution is -2.35. The molecule has 4 rings (SSSR count). The first-order valence-electron chi connectivity index (χ1n) is 9.31. The third kappa shape index (κ3) is 4.43. The maximum atomic E-state index is 12.5. The van der Waals surface area contributed by atoms with Gasteiger partial charge in [-0.25, -0.2) is 13.2 Å². The van der Waals surface area contributed by atoms with Gasteiger partial charge in [-0.2, -0.15) is 0 Å². The molecule has 0 saturated heterocycles. The minimum Gasteiger partial charge on any atom is -0.449 e. The van der Waals surface area contributed by atoms with Crippen LogP contribution >= 0.6 is 11.8 Å². The van der Waals surface area contributed by atoms with Crippen LogP contribution < -0.4 is 10.2 Å². The highest BCUT2D eigenvalue weighted by Gasteiger charge is 2.33. The van der Waals surface area contributed by atoms with Gasteiger partial charge < -0.3 is 15.0 Å². The van der Waals surface area contributed by atoms with E-state index in [9.17, 15) is 28.1 Å². The van der Waals surface area contributed by atoms with E-state index in [0.717, 1.165) is 17.4 Å². The largest absolute Gasteiger partial charge is 0.449 e. The van der Waals surface area contributed by atoms with Crippen LogP contribution in [0.5, 0.6) is 0 Å². The molecule has 1 amide bonds. The maximum Gasteiger partial charge on any atom is 0.338 e. The molecular weight excluding hydrogens is 460 g/mol. The van der Waals surface area contributed by atoms with Crippen LogP contribution in [0, 0.1) is 10.1 Å². The van der Waals surface area contributed by atoms with E-state index in [0.29, 0.717) is 15.8 Å². The Kier molecular flexibility index (Phi) is 5.60. The Bertz CT molecular complexity index is 1260. The summed E-state index contributed by atoms with van der Waals surface area (Å²) in [6.45, 7) is 1.69. The van der Waals surface area contributed by atoms with E-state index in [-0.39, 0.29) is 23.5 Å². The van der Waals surface area contributed by atoms with Gasteiger partial charge in [-0.15, -0.1) is 4.40 Å². The van der Waals surface area contributed by atoms with Gasteiger partial charge in [0, 0.05) is 29.3 Å². The minimum atomic E-state index is -3.48. The van der Waals surface area contributed by atoms with Crippen molar-refractivity contribution in [1.82, 2.24) is 0 Å². The van der Waals surface area contributed by atoms with Crippen LogP contribution in [-0.4, -0.2) is 48.8 Å². The van der Waals surface area contributed by atoms with Crippen molar-refractivity contribution in [3.05, 3.63) is 58.1 Å². The average molecular weight is 476 g/mol. The number of sulfonamides is 1. The summed E-state index contributed by atoms with van der Waals surface area (Å²) in [4.78, 5) is 37.4. The molecule has 0 aromatic heterocycles. The third-order valence-corrected chi connectivity index (χ3v) is 7.01. The van der Waals surface area contributed by atoms with Crippen LogP contribution in [-0.2, 0) is 19.6 Å². The van der Waals surface area contributed by atoms with Crippen molar-refractivity contribution in [2.75, 3.05) is 22.5 Å². The van der Waals surface area contributed by atoms with Crippen molar-refractivity contribution in [3.63, 3.8) is 0 Å². The topological polar surface area (TPSA) is 148 Å². The second-order valence-corrected chi connectivity index (χ2v) is 9.70. The first-order valence-corrected chi connectivity index (χ1v) is 11.7. The molecule has 2 aromatic carbocycles. The van der Waals surface area contributed by atoms with Crippen molar-refractivity contribution in [2.24, 2.45) is 4.40 Å². The zero-order chi connectivity index (χ0) is 23.0. The highest BCUT2D eigenvalue weighted by Crippen LogP contribution is 2.42. The third-order valence-electron chi connectivity index (χ3n) is 4.71. The van der Waals surface area contributed by atoms with Crippen LogP contribution in [0.4, 0.5) is 17.1 Å². The zero-order valence-electron chi connectivity index (χ0n) is 16.5. The van der Waals surface area contributed by atoms with Crippen molar-refractivity contribution in [1.29, 1.82) is 0 Å². The number of carbonyl (C=O) groups excluding carboxylic acids is 2. The molecule has 0 spiro atoms. The Balaban J connectivity index is 1.41. The molecule has 1 unspecified atom stereocenters. The fourth-order valence-corrected chi connectivity index (χ4v) is 5.35. The Morgan fingerprint density at radius 1 is 1.25 bits per heavy atom. The Labute approximate surface area is 186 Å². The van der Waals surface area contributed by atoms with E-state index in [1.54, 1.807) is 17.0 Å². The number of thioether (sulfide) groups is 1. The van der Waals surface area contributed by atoms with Crippen molar-refractivity contribution in [3.8, 4) is 0 Å². The Hall–Kier alpha value is -3.45. The number of nitrogens with zero attached hydrogens (tertiary/aromatic N) is 3. The van der Waals surface area contributed by atoms with Gasteiger partial charge in [-0.3, -0.25) is 14.9 Å². The predicted molar refractivity (Wildman–Crippen MR) is 117 cm³/mol. The highest BCUT2D eigenvalue weighted by atomic mass is 32.2. The molecule has 0 radical (unpaired) electrons. The molecule has 0 saturated carbocycles. The number of amides is 1. The predicted octanol–water partition coefficient (Wildman–Crippen LogP) is 2.39. The van der Waals surface area contributed by atoms with E-state index in [2.05, 4.69) is 9.71 Å². The monoisotopic (exact) mass is 476 g/mol. The molecule has 2 aliphatic rings. The number of nitro benzene ring substituents is 1. The van der Waals surface area contributed by atoms with E-state index in [1.807, 2.05) is 0 Å². The van der Waals surface area contributed by atoms with Crippen molar-refractivity contribution >= 4 is 55.9 Å². The summed E-state index contributed by atoms with van der Waals surface area (Å²) in [6.07, 6.45) is -1.13. The van der Waals surface area contributed by atoms with Gasteiger partial charge in [0.2, 0.25) is 0 Å². The summed E-state index contributed by atoms with van der Waals surface area (Å²) >= 11 is 1.15. The molecule has 13 heteroatoms. The molecule has 0 fully saturated rings. The van der Waals surface area contributed by atoms with Gasteiger partial charge in [0.25, 0.3) is 21.6 Å². The van der Waals surface area contributed by atoms with Gasteiger partial charge >= 0.3 is 5.97 Å². The first-order chi connectivity index (χ1) is 15.1. The number of benzene rings is 2. The number of anilines is 2. The second kappa shape index (κ2) is 8.24. The van der Waals surface area contributed by atoms with E-state index >= 15 is 0 Å². The summed E-state index contributed by atoms with van der Waals surface area (Å²) in [6, 6.07) is 10.0. The lowest BCUT2D eigenvalue weighted by atomic mass is 10.2. The van der Waals surface area contributed by atoms with Gasteiger partial charge in [-0.05, 0) is 49.0 Å². The maximum absolute atomic E-state index is 12.5. The molecule has 2 aromatic rings. The number of nitro groups is 1. The van der Waals surface area contributed by atoms with E-state index in [4.69, 9.17) is 4.74 Å². The SMILES string of the molecule is CC(OC(=O)c1ccc2c(c1)SC1=NS(=O)(=O)CCN12)C(=O)Nc1ccc([N+](=O)[O-])cc1. The summed E-state index contributed by atoms with van der Waals surface area (Å²) in [5, 5.41) is 13.6. The second-order valence-electron chi connectivity index (χ2n) is 6.94. The lowest BCUT2D eigenvalue weighted by molar-refractivity contribution is -0.384. The molecule has 2 aliphatic heterocycles. The van der Waals surface area contributed by atoms with Crippen molar-refractivity contribution < 1.29 is 27.7 Å². The number of hydrogen-bond donors (Lipinski definition) is 1. The number of esters is 1. The molecule has 1 N–H and O–H groups in total. The fraction of sp³-hybridized carbons (Fsp3) is 0.211. The zero-order valence-corrected chi connectivity index (χ0v) is 18.2. The highest BCUT2D eigenvalue weighted by molar-refractivity contribution is 8.15. The standard InChI is InChI=1S/C19H16N4O7S2/c1-11(17(24)20-13-3-5-14(6-4-13)23(26)27)30-18(25)12-2-7-15-16(10-12)31-19-21-32(28,29)9-8-22(15)19/h2-7,10-11H,8-9H2,1H3,(H,20,24). The molecule has 1 atom stereocenters. The van der Waals surface area contributed by atoms with Crippen LogP contribution in [0.25, 0.3) is 0 Å². The molecular formula is C19H16N4O7S2. The molecule has 0 bridgehead atoms. The minimum absolute atomic E-state index is 0.0817. The number of ether oxygens (including phenoxy) is 1. The van der Waals surface area contributed by atoms with Crippen LogP contribution in [0.15, 0.2) is 51.8 Å². The van der Waals surface area contributed by atoms with Gasteiger partial charge in [0.1, 0.15) is 0 Å². The summed E-state index contributed by atoms with van der Waals surface area (Å²) in [5.41, 5.74) is 1.17. The number of rotatable bonds is 5. The number of nitrogens with one attached hydrogen (secondary N) is 1. The molecule has 166 valence electrons. The molecule has 2 heterocycles. The van der Waals surface area contributed by atoms with E-state index in [1.165, 1.54) is 37.3 Å².